The van der Waals surface area contributed by atoms with E-state index >= 15 is 0 Å². The first-order valence-electron chi connectivity index (χ1n) is 24.1. The van der Waals surface area contributed by atoms with E-state index in [-0.39, 0.29) is 37.5 Å². The third kappa shape index (κ3) is 44.3. The number of carbonyl (C=O) groups is 3. The van der Waals surface area contributed by atoms with Crippen molar-refractivity contribution in [1.82, 2.24) is 0 Å². The minimum absolute atomic E-state index is 0.0943. The van der Waals surface area contributed by atoms with Crippen LogP contribution in [0.1, 0.15) is 239 Å². The van der Waals surface area contributed by atoms with Gasteiger partial charge in [-0.3, -0.25) is 14.4 Å². The Hall–Kier alpha value is -2.63. The molecule has 0 aromatic carbocycles. The van der Waals surface area contributed by atoms with Crippen LogP contribution in [0.2, 0.25) is 0 Å². The van der Waals surface area contributed by atoms with Crippen molar-refractivity contribution in [3.63, 3.8) is 0 Å². The van der Waals surface area contributed by atoms with Crippen molar-refractivity contribution < 1.29 is 28.6 Å². The summed E-state index contributed by atoms with van der Waals surface area (Å²) in [5.41, 5.74) is 0. The molecule has 0 fully saturated rings. The third-order valence-electron chi connectivity index (χ3n) is 10.3. The molecule has 0 heterocycles. The van der Waals surface area contributed by atoms with Gasteiger partial charge in [-0.15, -0.1) is 0 Å². The number of hydrogen-bond acceptors (Lipinski definition) is 6. The van der Waals surface area contributed by atoms with Crippen molar-refractivity contribution >= 4 is 17.9 Å². The summed E-state index contributed by atoms with van der Waals surface area (Å²) in [6.07, 6.45) is 54.0. The molecule has 0 rings (SSSR count). The molecule has 0 bridgehead atoms. The Bertz CT molecular complexity index is 1010. The first-order valence-corrected chi connectivity index (χ1v) is 24.1. The van der Waals surface area contributed by atoms with Crippen molar-refractivity contribution in [2.45, 2.75) is 245 Å². The molecule has 0 saturated heterocycles. The number of ether oxygens (including phenoxy) is 3. The molecule has 0 radical (unpaired) electrons. The van der Waals surface area contributed by atoms with Crippen molar-refractivity contribution in [1.29, 1.82) is 0 Å². The van der Waals surface area contributed by atoms with E-state index in [0.29, 0.717) is 19.3 Å². The predicted octanol–water partition coefficient (Wildman–Crippen LogP) is 15.5. The summed E-state index contributed by atoms with van der Waals surface area (Å²) in [7, 11) is 0. The van der Waals surface area contributed by atoms with E-state index in [2.05, 4.69) is 69.4 Å². The smallest absolute Gasteiger partial charge is 0.306 e. The second kappa shape index (κ2) is 46.1. The number of hydrogen-bond donors (Lipinski definition) is 0. The monoisotopic (exact) mass is 799 g/mol. The van der Waals surface area contributed by atoms with Gasteiger partial charge in [-0.1, -0.05) is 198 Å². The Balaban J connectivity index is 4.35. The molecule has 0 aromatic rings. The van der Waals surface area contributed by atoms with Gasteiger partial charge in [-0.05, 0) is 70.6 Å². The van der Waals surface area contributed by atoms with E-state index in [9.17, 15) is 14.4 Å². The SMILES string of the molecule is CC/C=C\C/C=C\C/C=C\CCCC(=O)OC(COC(=O)CCCCCCC/C=C\CCCCCCCCCCC)COC(=O)CCCCCCCCCCCC. The summed E-state index contributed by atoms with van der Waals surface area (Å²) >= 11 is 0. The van der Waals surface area contributed by atoms with Crippen LogP contribution in [-0.4, -0.2) is 37.2 Å². The maximum atomic E-state index is 12.7. The first kappa shape index (κ1) is 54.4. The molecule has 0 aliphatic carbocycles. The molecule has 0 aliphatic rings. The average Bonchev–Trinajstić information content (AvgIpc) is 3.21. The zero-order valence-electron chi connectivity index (χ0n) is 37.6. The molecular weight excluding hydrogens is 709 g/mol. The van der Waals surface area contributed by atoms with Gasteiger partial charge in [0.2, 0.25) is 0 Å². The maximum Gasteiger partial charge on any atom is 0.306 e. The van der Waals surface area contributed by atoms with E-state index in [0.717, 1.165) is 70.6 Å². The van der Waals surface area contributed by atoms with Gasteiger partial charge in [-0.25, -0.2) is 0 Å². The molecule has 0 amide bonds. The molecule has 6 heteroatoms. The molecule has 0 N–H and O–H groups in total. The fourth-order valence-electron chi connectivity index (χ4n) is 6.70. The normalized spacial score (nSPS) is 12.4. The van der Waals surface area contributed by atoms with Crippen LogP contribution in [0.15, 0.2) is 48.6 Å². The number of carbonyl (C=O) groups excluding carboxylic acids is 3. The van der Waals surface area contributed by atoms with E-state index < -0.39 is 6.10 Å². The molecule has 6 nitrogen and oxygen atoms in total. The molecule has 0 spiro atoms. The van der Waals surface area contributed by atoms with Crippen molar-refractivity contribution in [3.05, 3.63) is 48.6 Å². The van der Waals surface area contributed by atoms with Gasteiger partial charge in [0, 0.05) is 19.3 Å². The molecule has 1 atom stereocenters. The lowest BCUT2D eigenvalue weighted by Crippen LogP contribution is -2.30. The van der Waals surface area contributed by atoms with Crippen LogP contribution in [-0.2, 0) is 28.6 Å². The molecule has 0 aliphatic heterocycles. The van der Waals surface area contributed by atoms with E-state index in [1.807, 2.05) is 0 Å². The Morgan fingerprint density at radius 3 is 1.14 bits per heavy atom. The fraction of sp³-hybridized carbons (Fsp3) is 0.784. The van der Waals surface area contributed by atoms with Gasteiger partial charge < -0.3 is 14.2 Å². The Kier molecular flexibility index (Phi) is 43.9. The number of allylic oxidation sites excluding steroid dienone is 8. The molecular formula is C51H90O6. The van der Waals surface area contributed by atoms with Gasteiger partial charge in [-0.2, -0.15) is 0 Å². The minimum atomic E-state index is -0.797. The summed E-state index contributed by atoms with van der Waals surface area (Å²) in [5.74, 6) is -0.958. The van der Waals surface area contributed by atoms with Crippen molar-refractivity contribution in [2.75, 3.05) is 13.2 Å². The topological polar surface area (TPSA) is 78.9 Å². The Morgan fingerprint density at radius 2 is 0.702 bits per heavy atom. The van der Waals surface area contributed by atoms with Crippen LogP contribution < -0.4 is 0 Å². The quantitative estimate of drug-likeness (QED) is 0.0265. The van der Waals surface area contributed by atoms with E-state index in [4.69, 9.17) is 14.2 Å². The highest BCUT2D eigenvalue weighted by Gasteiger charge is 2.19. The summed E-state index contributed by atoms with van der Waals surface area (Å²) in [4.78, 5) is 37.7. The van der Waals surface area contributed by atoms with Gasteiger partial charge in [0.05, 0.1) is 0 Å². The molecule has 0 aromatic heterocycles. The molecule has 330 valence electrons. The highest BCUT2D eigenvalue weighted by atomic mass is 16.6. The first-order chi connectivity index (χ1) is 28.0. The van der Waals surface area contributed by atoms with Crippen LogP contribution >= 0.6 is 0 Å². The molecule has 57 heavy (non-hydrogen) atoms. The second-order valence-electron chi connectivity index (χ2n) is 16.0. The van der Waals surface area contributed by atoms with Crippen LogP contribution in [0.4, 0.5) is 0 Å². The Morgan fingerprint density at radius 1 is 0.368 bits per heavy atom. The standard InChI is InChI=1S/C51H90O6/c1-4-7-10-13-16-19-22-23-24-25-26-27-28-30-32-35-38-41-44-50(53)56-47-48(46-55-49(52)43-40-37-34-31-21-18-15-12-9-6-3)57-51(54)45-42-39-36-33-29-20-17-14-11-8-5-2/h8,11,17,20,26-27,33,36,48H,4-7,9-10,12-16,18-19,21-25,28-32,34-35,37-47H2,1-3H3/b11-8-,20-17-,27-26-,36-33-. The van der Waals surface area contributed by atoms with Crippen molar-refractivity contribution in [3.8, 4) is 0 Å². The third-order valence-corrected chi connectivity index (χ3v) is 10.3. The highest BCUT2D eigenvalue weighted by molar-refractivity contribution is 5.71. The minimum Gasteiger partial charge on any atom is -0.462 e. The van der Waals surface area contributed by atoms with Gasteiger partial charge >= 0.3 is 17.9 Å². The number of unbranched alkanes of at least 4 members (excludes halogenated alkanes) is 24. The van der Waals surface area contributed by atoms with Crippen LogP contribution in [0, 0.1) is 0 Å². The van der Waals surface area contributed by atoms with E-state index in [1.54, 1.807) is 0 Å². The second-order valence-corrected chi connectivity index (χ2v) is 16.0. The number of esters is 3. The lowest BCUT2D eigenvalue weighted by Gasteiger charge is -2.18. The summed E-state index contributed by atoms with van der Waals surface area (Å²) in [6, 6.07) is 0. The van der Waals surface area contributed by atoms with Crippen LogP contribution in [0.25, 0.3) is 0 Å². The lowest BCUT2D eigenvalue weighted by molar-refractivity contribution is -0.167. The highest BCUT2D eigenvalue weighted by Crippen LogP contribution is 2.14. The zero-order chi connectivity index (χ0) is 41.5. The van der Waals surface area contributed by atoms with Gasteiger partial charge in [0.1, 0.15) is 13.2 Å². The zero-order valence-corrected chi connectivity index (χ0v) is 37.6. The fourth-order valence-corrected chi connectivity index (χ4v) is 6.70. The lowest BCUT2D eigenvalue weighted by atomic mass is 10.1. The average molecular weight is 799 g/mol. The van der Waals surface area contributed by atoms with E-state index in [1.165, 1.54) is 122 Å². The summed E-state index contributed by atoms with van der Waals surface area (Å²) < 4.78 is 16.7. The maximum absolute atomic E-state index is 12.7. The van der Waals surface area contributed by atoms with Crippen LogP contribution in [0.5, 0.6) is 0 Å². The summed E-state index contributed by atoms with van der Waals surface area (Å²) in [6.45, 7) is 6.45. The molecule has 0 saturated carbocycles. The van der Waals surface area contributed by atoms with Crippen molar-refractivity contribution in [2.24, 2.45) is 0 Å². The largest absolute Gasteiger partial charge is 0.462 e. The van der Waals surface area contributed by atoms with Crippen LogP contribution in [0.3, 0.4) is 0 Å². The Labute approximate surface area is 352 Å². The summed E-state index contributed by atoms with van der Waals surface area (Å²) in [5, 5.41) is 0. The number of rotatable bonds is 43. The van der Waals surface area contributed by atoms with Gasteiger partial charge in [0.15, 0.2) is 6.10 Å². The predicted molar refractivity (Wildman–Crippen MR) is 242 cm³/mol. The van der Waals surface area contributed by atoms with Gasteiger partial charge in [0.25, 0.3) is 0 Å². The molecule has 1 unspecified atom stereocenters.